The first kappa shape index (κ1) is 12.0. The summed E-state index contributed by atoms with van der Waals surface area (Å²) in [6.45, 7) is 5.85. The minimum atomic E-state index is 0.249. The van der Waals surface area contributed by atoms with E-state index >= 15 is 0 Å². The number of nitrogens with zero attached hydrogens (tertiary/aromatic N) is 2. The van der Waals surface area contributed by atoms with Crippen molar-refractivity contribution < 1.29 is 4.79 Å². The van der Waals surface area contributed by atoms with Crippen LogP contribution in [-0.2, 0) is 13.0 Å². The Balaban J connectivity index is 1.64. The molecule has 0 saturated carbocycles. The Hall–Kier alpha value is -1.03. The van der Waals surface area contributed by atoms with Crippen LogP contribution in [0.3, 0.4) is 0 Å². The Morgan fingerprint density at radius 2 is 2.06 bits per heavy atom. The number of amides is 2. The molecule has 0 unspecified atom stereocenters. The Morgan fingerprint density at radius 1 is 1.28 bits per heavy atom. The summed E-state index contributed by atoms with van der Waals surface area (Å²) in [6.07, 6.45) is 3.34. The first-order valence-corrected chi connectivity index (χ1v) is 7.71. The van der Waals surface area contributed by atoms with Gasteiger partial charge in [-0.25, -0.2) is 4.79 Å². The van der Waals surface area contributed by atoms with Gasteiger partial charge < -0.3 is 9.80 Å². The summed E-state index contributed by atoms with van der Waals surface area (Å²) in [5.74, 6) is 0.777. The molecule has 0 N–H and O–H groups in total. The molecule has 4 heteroatoms. The van der Waals surface area contributed by atoms with Crippen LogP contribution in [-0.4, -0.2) is 35.5 Å². The second-order valence-electron chi connectivity index (χ2n) is 5.49. The van der Waals surface area contributed by atoms with E-state index in [9.17, 15) is 4.79 Å². The average Bonchev–Trinajstić information content (AvgIpc) is 2.86. The summed E-state index contributed by atoms with van der Waals surface area (Å²) in [5.41, 5.74) is 1.35. The van der Waals surface area contributed by atoms with E-state index in [1.807, 2.05) is 21.1 Å². The highest BCUT2D eigenvalue weighted by Crippen LogP contribution is 2.25. The standard InChI is InChI=1S/C14H20N2OS/c1-11-2-6-15(7-3-11)14(17)16-8-4-13-12(10-16)5-9-18-13/h5,9,11H,2-4,6-8,10H2,1H3. The van der Waals surface area contributed by atoms with Gasteiger partial charge in [0, 0.05) is 31.1 Å². The van der Waals surface area contributed by atoms with Crippen LogP contribution in [0.5, 0.6) is 0 Å². The van der Waals surface area contributed by atoms with Gasteiger partial charge in [-0.3, -0.25) is 0 Å². The van der Waals surface area contributed by atoms with Crippen molar-refractivity contribution >= 4 is 17.4 Å². The average molecular weight is 264 g/mol. The predicted octanol–water partition coefficient (Wildman–Crippen LogP) is 2.96. The molecule has 2 aliphatic heterocycles. The van der Waals surface area contributed by atoms with Gasteiger partial charge in [-0.2, -0.15) is 0 Å². The molecule has 98 valence electrons. The number of likely N-dealkylation sites (tertiary alicyclic amines) is 1. The molecule has 3 heterocycles. The third-order valence-electron chi connectivity index (χ3n) is 4.13. The quantitative estimate of drug-likeness (QED) is 0.706. The summed E-state index contributed by atoms with van der Waals surface area (Å²) in [6, 6.07) is 2.41. The Bertz CT molecular complexity index is 435. The number of carbonyl (C=O) groups excluding carboxylic acids is 1. The molecule has 0 spiro atoms. The Morgan fingerprint density at radius 3 is 2.83 bits per heavy atom. The van der Waals surface area contributed by atoms with Crippen molar-refractivity contribution in [2.45, 2.75) is 32.7 Å². The maximum Gasteiger partial charge on any atom is 0.320 e. The smallest absolute Gasteiger partial charge is 0.320 e. The molecule has 3 rings (SSSR count). The van der Waals surface area contributed by atoms with Crippen molar-refractivity contribution in [2.75, 3.05) is 19.6 Å². The topological polar surface area (TPSA) is 23.6 Å². The van der Waals surface area contributed by atoms with E-state index in [2.05, 4.69) is 18.4 Å². The number of rotatable bonds is 0. The molecule has 1 aromatic rings. The summed E-state index contributed by atoms with van der Waals surface area (Å²) in [5, 5.41) is 2.14. The second-order valence-corrected chi connectivity index (χ2v) is 6.49. The molecule has 0 aromatic carbocycles. The van der Waals surface area contributed by atoms with E-state index in [-0.39, 0.29) is 6.03 Å². The van der Waals surface area contributed by atoms with Crippen LogP contribution in [0.15, 0.2) is 11.4 Å². The van der Waals surface area contributed by atoms with Crippen LogP contribution in [0.25, 0.3) is 0 Å². The number of carbonyl (C=O) groups is 1. The van der Waals surface area contributed by atoms with Gasteiger partial charge in [0.05, 0.1) is 0 Å². The fraction of sp³-hybridized carbons (Fsp3) is 0.643. The highest BCUT2D eigenvalue weighted by atomic mass is 32.1. The maximum absolute atomic E-state index is 12.4. The van der Waals surface area contributed by atoms with Crippen LogP contribution in [0, 0.1) is 5.92 Å². The van der Waals surface area contributed by atoms with Gasteiger partial charge in [-0.1, -0.05) is 6.92 Å². The van der Waals surface area contributed by atoms with Gasteiger partial charge in [0.15, 0.2) is 0 Å². The number of fused-ring (bicyclic) bond motifs is 1. The molecule has 18 heavy (non-hydrogen) atoms. The lowest BCUT2D eigenvalue weighted by Crippen LogP contribution is -2.47. The van der Waals surface area contributed by atoms with Crippen LogP contribution >= 0.6 is 11.3 Å². The summed E-state index contributed by atoms with van der Waals surface area (Å²) >= 11 is 1.82. The molecule has 1 saturated heterocycles. The molecule has 2 amide bonds. The van der Waals surface area contributed by atoms with Gasteiger partial charge in [0.2, 0.25) is 0 Å². The minimum Gasteiger partial charge on any atom is -0.325 e. The summed E-state index contributed by atoms with van der Waals surface area (Å²) in [7, 11) is 0. The van der Waals surface area contributed by atoms with Crippen molar-refractivity contribution in [1.29, 1.82) is 0 Å². The first-order chi connectivity index (χ1) is 8.74. The van der Waals surface area contributed by atoms with E-state index in [1.54, 1.807) is 0 Å². The van der Waals surface area contributed by atoms with Crippen molar-refractivity contribution in [1.82, 2.24) is 9.80 Å². The highest BCUT2D eigenvalue weighted by molar-refractivity contribution is 7.10. The third kappa shape index (κ3) is 2.26. The van der Waals surface area contributed by atoms with Gasteiger partial charge in [-0.15, -0.1) is 11.3 Å². The van der Waals surface area contributed by atoms with E-state index in [4.69, 9.17) is 0 Å². The van der Waals surface area contributed by atoms with Crippen molar-refractivity contribution in [3.63, 3.8) is 0 Å². The van der Waals surface area contributed by atoms with E-state index < -0.39 is 0 Å². The van der Waals surface area contributed by atoms with Gasteiger partial charge >= 0.3 is 6.03 Å². The van der Waals surface area contributed by atoms with E-state index in [1.165, 1.54) is 10.4 Å². The molecule has 1 aromatic heterocycles. The van der Waals surface area contributed by atoms with Gasteiger partial charge in [0.1, 0.15) is 0 Å². The SMILES string of the molecule is CC1CCN(C(=O)N2CCc3sccc3C2)CC1. The molecule has 2 aliphatic rings. The van der Waals surface area contributed by atoms with Crippen LogP contribution in [0.2, 0.25) is 0 Å². The van der Waals surface area contributed by atoms with Crippen molar-refractivity contribution in [3.05, 3.63) is 21.9 Å². The second kappa shape index (κ2) is 4.92. The lowest BCUT2D eigenvalue weighted by atomic mass is 9.99. The zero-order valence-electron chi connectivity index (χ0n) is 10.9. The van der Waals surface area contributed by atoms with Crippen LogP contribution < -0.4 is 0 Å². The predicted molar refractivity (Wildman–Crippen MR) is 73.8 cm³/mol. The zero-order valence-corrected chi connectivity index (χ0v) is 11.7. The maximum atomic E-state index is 12.4. The molecule has 0 aliphatic carbocycles. The van der Waals surface area contributed by atoms with Crippen LogP contribution in [0.1, 0.15) is 30.2 Å². The molecular formula is C14H20N2OS. The first-order valence-electron chi connectivity index (χ1n) is 6.83. The Kier molecular flexibility index (Phi) is 3.29. The molecular weight excluding hydrogens is 244 g/mol. The fourth-order valence-electron chi connectivity index (χ4n) is 2.81. The van der Waals surface area contributed by atoms with Gasteiger partial charge in [0.25, 0.3) is 0 Å². The highest BCUT2D eigenvalue weighted by Gasteiger charge is 2.27. The number of urea groups is 1. The normalized spacial score (nSPS) is 20.9. The lowest BCUT2D eigenvalue weighted by molar-refractivity contribution is 0.130. The van der Waals surface area contributed by atoms with Crippen LogP contribution in [0.4, 0.5) is 4.79 Å². The van der Waals surface area contributed by atoms with Gasteiger partial charge in [-0.05, 0) is 42.2 Å². The van der Waals surface area contributed by atoms with E-state index in [0.29, 0.717) is 0 Å². The molecule has 3 nitrogen and oxygen atoms in total. The summed E-state index contributed by atoms with van der Waals surface area (Å²) < 4.78 is 0. The molecule has 1 fully saturated rings. The monoisotopic (exact) mass is 264 g/mol. The lowest BCUT2D eigenvalue weighted by Gasteiger charge is -2.36. The molecule has 0 bridgehead atoms. The Labute approximate surface area is 112 Å². The fourth-order valence-corrected chi connectivity index (χ4v) is 3.70. The number of thiophene rings is 1. The largest absolute Gasteiger partial charge is 0.325 e. The third-order valence-corrected chi connectivity index (χ3v) is 5.16. The minimum absolute atomic E-state index is 0.249. The number of hydrogen-bond donors (Lipinski definition) is 0. The number of piperidine rings is 1. The zero-order chi connectivity index (χ0) is 12.5. The number of hydrogen-bond acceptors (Lipinski definition) is 2. The molecule has 0 radical (unpaired) electrons. The van der Waals surface area contributed by atoms with Crippen molar-refractivity contribution in [3.8, 4) is 0 Å². The van der Waals surface area contributed by atoms with Crippen molar-refractivity contribution in [2.24, 2.45) is 5.92 Å². The summed E-state index contributed by atoms with van der Waals surface area (Å²) in [4.78, 5) is 18.0. The molecule has 0 atom stereocenters. The van der Waals surface area contributed by atoms with E-state index in [0.717, 1.165) is 51.4 Å².